The molecule has 1 aliphatic heterocycles. The number of aryl methyl sites for hydroxylation is 1. The molecule has 36 heavy (non-hydrogen) atoms. The minimum Gasteiger partial charge on any atom is -0.479 e. The van der Waals surface area contributed by atoms with Crippen LogP contribution < -0.4 is 10.1 Å². The second kappa shape index (κ2) is 11.0. The van der Waals surface area contributed by atoms with Crippen LogP contribution in [-0.2, 0) is 9.59 Å². The molecular formula is C26H34N4O5S. The first kappa shape index (κ1) is 26.1. The summed E-state index contributed by atoms with van der Waals surface area (Å²) in [6.07, 6.45) is 6.63. The van der Waals surface area contributed by atoms with Gasteiger partial charge in [0.05, 0.1) is 30.5 Å². The van der Waals surface area contributed by atoms with Crippen molar-refractivity contribution < 1.29 is 24.0 Å². The van der Waals surface area contributed by atoms with E-state index in [0.29, 0.717) is 11.7 Å². The fraction of sp³-hybridized carbons (Fsp3) is 0.538. The van der Waals surface area contributed by atoms with Crippen molar-refractivity contribution in [3.63, 3.8) is 0 Å². The fourth-order valence-electron chi connectivity index (χ4n) is 4.95. The Morgan fingerprint density at radius 2 is 2.11 bits per heavy atom. The maximum absolute atomic E-state index is 13.6. The van der Waals surface area contributed by atoms with E-state index in [9.17, 15) is 14.7 Å². The average molecular weight is 515 g/mol. The number of aromatic nitrogens is 2. The maximum Gasteiger partial charge on any atom is 0.254 e. The van der Waals surface area contributed by atoms with Gasteiger partial charge in [0.15, 0.2) is 5.76 Å². The average Bonchev–Trinajstić information content (AvgIpc) is 3.58. The number of methoxy groups -OCH3 is 1. The van der Waals surface area contributed by atoms with Crippen molar-refractivity contribution in [1.29, 1.82) is 0 Å². The van der Waals surface area contributed by atoms with Crippen LogP contribution in [0.4, 0.5) is 0 Å². The van der Waals surface area contributed by atoms with Gasteiger partial charge >= 0.3 is 0 Å². The Morgan fingerprint density at radius 1 is 1.33 bits per heavy atom. The number of ether oxygens (including phenoxy) is 1. The van der Waals surface area contributed by atoms with E-state index in [-0.39, 0.29) is 42.6 Å². The molecule has 1 aliphatic carbocycles. The third-order valence-electron chi connectivity index (χ3n) is 6.93. The van der Waals surface area contributed by atoms with Crippen LogP contribution in [0.5, 0.6) is 5.88 Å². The van der Waals surface area contributed by atoms with Crippen LogP contribution >= 0.6 is 11.3 Å². The van der Waals surface area contributed by atoms with E-state index in [0.717, 1.165) is 17.7 Å². The van der Waals surface area contributed by atoms with Crippen molar-refractivity contribution >= 4 is 23.2 Å². The lowest BCUT2D eigenvalue weighted by Crippen LogP contribution is -2.50. The molecule has 0 aromatic carbocycles. The van der Waals surface area contributed by atoms with Crippen LogP contribution in [0, 0.1) is 12.8 Å². The highest BCUT2D eigenvalue weighted by Gasteiger charge is 2.43. The summed E-state index contributed by atoms with van der Waals surface area (Å²) in [6, 6.07) is 0.600. The lowest BCUT2D eigenvalue weighted by atomic mass is 9.91. The number of hydrogen-bond donors (Lipinski definition) is 2. The number of allylic oxidation sites excluding steroid dienone is 2. The lowest BCUT2D eigenvalue weighted by molar-refractivity contribution is -0.141. The molecule has 2 aliphatic rings. The van der Waals surface area contributed by atoms with Crippen LogP contribution in [0.15, 0.2) is 39.9 Å². The highest BCUT2D eigenvalue weighted by Crippen LogP contribution is 2.34. The van der Waals surface area contributed by atoms with Crippen molar-refractivity contribution in [3.05, 3.63) is 51.7 Å². The standard InChI is InChI=1S/C26H34N4O5S/c1-14(2)23(21-11-22(34-5)29-35-21)26(33)30-12-19(31)10-20(30)25(32)28-15(3)17-6-8-18(9-7-17)24-16(4)27-13-36-24/h6-8,11,13-15,18-20,23,31H,9-10,12H2,1-5H3,(H,28,32)/t15-,18?,19+,20-,23+/m0/s1. The lowest BCUT2D eigenvalue weighted by Gasteiger charge is -2.30. The largest absolute Gasteiger partial charge is 0.479 e. The zero-order chi connectivity index (χ0) is 26.0. The summed E-state index contributed by atoms with van der Waals surface area (Å²) in [5.74, 6) is -0.338. The van der Waals surface area contributed by atoms with Gasteiger partial charge in [-0.15, -0.1) is 11.3 Å². The molecule has 1 saturated heterocycles. The second-order valence-electron chi connectivity index (χ2n) is 9.83. The number of nitrogens with one attached hydrogen (secondary N) is 1. The Hall–Kier alpha value is -2.98. The normalized spacial score (nSPS) is 23.5. The number of thiazole rings is 1. The first-order chi connectivity index (χ1) is 17.2. The number of amides is 2. The highest BCUT2D eigenvalue weighted by atomic mass is 32.1. The van der Waals surface area contributed by atoms with Crippen molar-refractivity contribution in [2.75, 3.05) is 13.7 Å². The Labute approximate surface area is 215 Å². The Balaban J connectivity index is 1.43. The number of carbonyl (C=O) groups excluding carboxylic acids is 2. The third kappa shape index (κ3) is 5.39. The first-order valence-electron chi connectivity index (χ1n) is 12.3. The van der Waals surface area contributed by atoms with E-state index in [1.165, 1.54) is 16.9 Å². The quantitative estimate of drug-likeness (QED) is 0.555. The van der Waals surface area contributed by atoms with Crippen molar-refractivity contribution in [3.8, 4) is 5.88 Å². The van der Waals surface area contributed by atoms with Crippen LogP contribution in [0.3, 0.4) is 0 Å². The van der Waals surface area contributed by atoms with E-state index in [4.69, 9.17) is 9.26 Å². The summed E-state index contributed by atoms with van der Waals surface area (Å²) in [6.45, 7) is 7.86. The van der Waals surface area contributed by atoms with Gasteiger partial charge in [-0.2, -0.15) is 0 Å². The number of nitrogens with zero attached hydrogens (tertiary/aromatic N) is 3. The first-order valence-corrected chi connectivity index (χ1v) is 13.1. The fourth-order valence-corrected chi connectivity index (χ4v) is 5.84. The van der Waals surface area contributed by atoms with E-state index < -0.39 is 18.1 Å². The molecular weight excluding hydrogens is 480 g/mol. The van der Waals surface area contributed by atoms with Gasteiger partial charge in [0.1, 0.15) is 12.0 Å². The number of carbonyl (C=O) groups is 2. The molecule has 0 saturated carbocycles. The highest BCUT2D eigenvalue weighted by molar-refractivity contribution is 7.09. The summed E-state index contributed by atoms with van der Waals surface area (Å²) in [7, 11) is 1.48. The summed E-state index contributed by atoms with van der Waals surface area (Å²) >= 11 is 1.66. The molecule has 1 fully saturated rings. The molecule has 5 atom stereocenters. The predicted octanol–water partition coefficient (Wildman–Crippen LogP) is 3.32. The van der Waals surface area contributed by atoms with Crippen molar-refractivity contribution in [2.45, 2.75) is 70.6 Å². The number of aliphatic hydroxyl groups excluding tert-OH is 1. The molecule has 194 valence electrons. The molecule has 0 bridgehead atoms. The SMILES string of the molecule is COc1cc([C@H](C(=O)N2C[C@H](O)C[C@H]2C(=O)N[C@@H](C)C2=CCC(c3scnc3C)C=C2)C(C)C)on1. The maximum atomic E-state index is 13.6. The Bertz CT molecular complexity index is 1150. The van der Waals surface area contributed by atoms with E-state index >= 15 is 0 Å². The summed E-state index contributed by atoms with van der Waals surface area (Å²) in [4.78, 5) is 34.0. The van der Waals surface area contributed by atoms with Gasteiger partial charge in [0, 0.05) is 29.8 Å². The monoisotopic (exact) mass is 514 g/mol. The topological polar surface area (TPSA) is 118 Å². The smallest absolute Gasteiger partial charge is 0.254 e. The van der Waals surface area contributed by atoms with E-state index in [2.05, 4.69) is 33.7 Å². The van der Waals surface area contributed by atoms with Crippen molar-refractivity contribution in [2.24, 2.45) is 5.92 Å². The molecule has 2 amide bonds. The van der Waals surface area contributed by atoms with Crippen LogP contribution in [0.1, 0.15) is 61.8 Å². The number of likely N-dealkylation sites (tertiary alicyclic amines) is 1. The number of rotatable bonds is 8. The van der Waals surface area contributed by atoms with Crippen molar-refractivity contribution in [1.82, 2.24) is 20.4 Å². The Morgan fingerprint density at radius 3 is 2.69 bits per heavy atom. The van der Waals surface area contributed by atoms with Crippen LogP contribution in [0.2, 0.25) is 0 Å². The molecule has 0 radical (unpaired) electrons. The minimum absolute atomic E-state index is 0.0955. The van der Waals surface area contributed by atoms with Gasteiger partial charge in [-0.3, -0.25) is 9.59 Å². The molecule has 3 heterocycles. The Kier molecular flexibility index (Phi) is 7.94. The number of hydrogen-bond acceptors (Lipinski definition) is 8. The van der Waals surface area contributed by atoms with Gasteiger partial charge in [0.2, 0.25) is 11.8 Å². The summed E-state index contributed by atoms with van der Waals surface area (Å²) in [5.41, 5.74) is 3.94. The molecule has 4 rings (SSSR count). The number of aliphatic hydroxyl groups is 1. The summed E-state index contributed by atoms with van der Waals surface area (Å²) < 4.78 is 10.5. The van der Waals surface area contributed by atoms with E-state index in [1.54, 1.807) is 17.4 Å². The molecule has 10 heteroatoms. The predicted molar refractivity (Wildman–Crippen MR) is 136 cm³/mol. The third-order valence-corrected chi connectivity index (χ3v) is 7.99. The van der Waals surface area contributed by atoms with E-state index in [1.807, 2.05) is 33.2 Å². The molecule has 2 aromatic heterocycles. The number of β-amino-alcohol motifs (C(OH)–C–C–N with tert-alkyl or cyclic N) is 1. The van der Waals surface area contributed by atoms with Gasteiger partial charge in [-0.25, -0.2) is 4.98 Å². The van der Waals surface area contributed by atoms with Gasteiger partial charge < -0.3 is 24.6 Å². The van der Waals surface area contributed by atoms with Gasteiger partial charge in [0.25, 0.3) is 5.88 Å². The molecule has 2 N–H and O–H groups in total. The zero-order valence-corrected chi connectivity index (χ0v) is 22.1. The van der Waals surface area contributed by atoms with Gasteiger partial charge in [-0.05, 0) is 36.9 Å². The van der Waals surface area contributed by atoms with Gasteiger partial charge in [-0.1, -0.05) is 32.1 Å². The minimum atomic E-state index is -0.769. The second-order valence-corrected chi connectivity index (χ2v) is 10.7. The molecule has 1 unspecified atom stereocenters. The molecule has 9 nitrogen and oxygen atoms in total. The zero-order valence-electron chi connectivity index (χ0n) is 21.3. The molecule has 2 aromatic rings. The summed E-state index contributed by atoms with van der Waals surface area (Å²) in [5, 5.41) is 17.2. The van der Waals surface area contributed by atoms with Crippen LogP contribution in [-0.4, -0.2) is 63.8 Å². The van der Waals surface area contributed by atoms with Crippen LogP contribution in [0.25, 0.3) is 0 Å². The molecule has 0 spiro atoms.